The van der Waals surface area contributed by atoms with Crippen molar-refractivity contribution in [3.05, 3.63) is 87.2 Å². The van der Waals surface area contributed by atoms with E-state index in [1.165, 1.54) is 56.4 Å². The second kappa shape index (κ2) is 9.37. The Kier molecular flexibility index (Phi) is 6.25. The maximum Gasteiger partial charge on any atom is 0.351 e. The minimum atomic E-state index is -4.00. The number of nitrogens with zero attached hydrogens (tertiary/aromatic N) is 9. The van der Waals surface area contributed by atoms with Crippen molar-refractivity contribution in [2.24, 2.45) is 11.8 Å². The van der Waals surface area contributed by atoms with Crippen LogP contribution in [-0.2, 0) is 39.9 Å². The van der Waals surface area contributed by atoms with Crippen molar-refractivity contribution in [2.75, 3.05) is 28.2 Å². The highest BCUT2D eigenvalue weighted by Crippen LogP contribution is 2.46. The third kappa shape index (κ3) is 4.05. The Morgan fingerprint density at radius 2 is 1.46 bits per heavy atom. The summed E-state index contributed by atoms with van der Waals surface area (Å²) in [4.78, 5) is 35.8. The van der Waals surface area contributed by atoms with Gasteiger partial charge in [0.1, 0.15) is 12.7 Å². The summed E-state index contributed by atoms with van der Waals surface area (Å²) in [6.07, 6.45) is 4.14. The summed E-state index contributed by atoms with van der Waals surface area (Å²) < 4.78 is 60.5. The Balaban J connectivity index is 1.54. The van der Waals surface area contributed by atoms with Crippen LogP contribution in [0.4, 0.5) is 0 Å². The molecule has 0 unspecified atom stereocenters. The van der Waals surface area contributed by atoms with Crippen LogP contribution >= 0.6 is 0 Å². The molecular weight excluding hydrogens is 574 g/mol. The van der Waals surface area contributed by atoms with Crippen molar-refractivity contribution >= 4 is 20.4 Å². The molecule has 17 heteroatoms. The third-order valence-corrected chi connectivity index (χ3v) is 11.3. The summed E-state index contributed by atoms with van der Waals surface area (Å²) in [5, 5.41) is 0. The van der Waals surface area contributed by atoms with Crippen molar-refractivity contribution < 1.29 is 16.8 Å². The van der Waals surface area contributed by atoms with Crippen molar-refractivity contribution in [2.45, 2.75) is 25.4 Å². The summed E-state index contributed by atoms with van der Waals surface area (Å²) in [5.74, 6) is -1.35. The first kappa shape index (κ1) is 27.4. The van der Waals surface area contributed by atoms with Crippen molar-refractivity contribution in [1.82, 2.24) is 40.5 Å². The lowest BCUT2D eigenvalue weighted by Gasteiger charge is -2.41. The first-order chi connectivity index (χ1) is 19.3. The first-order valence-electron chi connectivity index (χ1n) is 12.8. The van der Waals surface area contributed by atoms with E-state index in [4.69, 9.17) is 0 Å². The SMILES string of the molecule is CN(C)S(=O)(=O)n1cnc([C@@H]2c3c(ncn3S(=O)(=O)N(C)C)C[C@H]3Cn4c(=O)n(-c5ccccc5)c(=O)n4C[C@H]32)c1. The lowest BCUT2D eigenvalue weighted by molar-refractivity contribution is 0.136. The summed E-state index contributed by atoms with van der Waals surface area (Å²) in [7, 11) is -2.28. The van der Waals surface area contributed by atoms with E-state index in [9.17, 15) is 26.4 Å². The summed E-state index contributed by atoms with van der Waals surface area (Å²) >= 11 is 0. The summed E-state index contributed by atoms with van der Waals surface area (Å²) in [6, 6.07) is 8.62. The van der Waals surface area contributed by atoms with Gasteiger partial charge in [-0.15, -0.1) is 0 Å². The number of para-hydroxylation sites is 1. The minimum Gasteiger partial charge on any atom is -0.246 e. The molecule has 41 heavy (non-hydrogen) atoms. The number of aromatic nitrogens is 7. The summed E-state index contributed by atoms with van der Waals surface area (Å²) in [5.41, 5.74) is 0.645. The number of benzene rings is 1. The van der Waals surface area contributed by atoms with E-state index in [2.05, 4.69) is 9.97 Å². The van der Waals surface area contributed by atoms with Gasteiger partial charge in [-0.2, -0.15) is 25.4 Å². The topological polar surface area (TPSA) is 159 Å². The van der Waals surface area contributed by atoms with Crippen LogP contribution in [0.3, 0.4) is 0 Å². The average Bonchev–Trinajstić information content (AvgIpc) is 3.64. The van der Waals surface area contributed by atoms with Crippen LogP contribution in [0.15, 0.2) is 58.8 Å². The van der Waals surface area contributed by atoms with E-state index < -0.39 is 43.6 Å². The lowest BCUT2D eigenvalue weighted by atomic mass is 9.70. The predicted molar refractivity (Wildman–Crippen MR) is 147 cm³/mol. The number of fused-ring (bicyclic) bond motifs is 3. The number of hydrogen-bond donors (Lipinski definition) is 0. The number of hydrogen-bond acceptors (Lipinski definition) is 8. The second-order valence-corrected chi connectivity index (χ2v) is 14.7. The molecular formula is C24H29N9O6S2. The van der Waals surface area contributed by atoms with Crippen LogP contribution in [0.5, 0.6) is 0 Å². The Morgan fingerprint density at radius 3 is 2.10 bits per heavy atom. The molecule has 0 spiro atoms. The largest absolute Gasteiger partial charge is 0.351 e. The molecule has 0 fully saturated rings. The smallest absolute Gasteiger partial charge is 0.246 e. The number of imidazole rings is 2. The Morgan fingerprint density at radius 1 is 0.829 bits per heavy atom. The molecule has 4 aromatic rings. The quantitative estimate of drug-likeness (QED) is 0.275. The van der Waals surface area contributed by atoms with Crippen LogP contribution in [0.2, 0.25) is 0 Å². The van der Waals surface area contributed by atoms with Gasteiger partial charge in [0.2, 0.25) is 0 Å². The zero-order valence-corrected chi connectivity index (χ0v) is 24.4. The zero-order chi connectivity index (χ0) is 29.4. The predicted octanol–water partition coefficient (Wildman–Crippen LogP) is -0.863. The Labute approximate surface area is 235 Å². The maximum atomic E-state index is 13.6. The van der Waals surface area contributed by atoms with Crippen LogP contribution in [0.25, 0.3) is 5.69 Å². The van der Waals surface area contributed by atoms with Crippen LogP contribution < -0.4 is 11.4 Å². The monoisotopic (exact) mass is 603 g/mol. The van der Waals surface area contributed by atoms with Gasteiger partial charge in [-0.1, -0.05) is 18.2 Å². The van der Waals surface area contributed by atoms with Gasteiger partial charge in [-0.05, 0) is 30.4 Å². The highest BCUT2D eigenvalue weighted by atomic mass is 32.2. The molecule has 0 saturated heterocycles. The van der Waals surface area contributed by atoms with Gasteiger partial charge >= 0.3 is 31.8 Å². The second-order valence-electron chi connectivity index (χ2n) is 10.6. The molecule has 218 valence electrons. The van der Waals surface area contributed by atoms with Gasteiger partial charge in [0, 0.05) is 47.5 Å². The fourth-order valence-corrected chi connectivity index (χ4v) is 7.56. The first-order valence-corrected chi connectivity index (χ1v) is 15.6. The molecule has 3 atom stereocenters. The average molecular weight is 604 g/mol. The molecule has 4 heterocycles. The Hall–Kier alpha value is -3.80. The molecule has 0 radical (unpaired) electrons. The van der Waals surface area contributed by atoms with E-state index in [1.807, 2.05) is 0 Å². The van der Waals surface area contributed by atoms with E-state index >= 15 is 0 Å². The van der Waals surface area contributed by atoms with Gasteiger partial charge in [0.15, 0.2) is 0 Å². The van der Waals surface area contributed by atoms with Crippen molar-refractivity contribution in [3.8, 4) is 5.69 Å². The normalized spacial score (nSPS) is 20.7. The fraction of sp³-hybridized carbons (Fsp3) is 0.417. The molecule has 1 aromatic carbocycles. The lowest BCUT2D eigenvalue weighted by Crippen LogP contribution is -2.46. The highest BCUT2D eigenvalue weighted by molar-refractivity contribution is 7.87. The molecule has 15 nitrogen and oxygen atoms in total. The molecule has 1 aliphatic carbocycles. The van der Waals surface area contributed by atoms with Crippen molar-refractivity contribution in [1.29, 1.82) is 0 Å². The molecule has 1 aliphatic heterocycles. The number of rotatable bonds is 6. The van der Waals surface area contributed by atoms with Crippen LogP contribution in [-0.4, -0.2) is 85.5 Å². The van der Waals surface area contributed by atoms with E-state index in [0.29, 0.717) is 29.2 Å². The van der Waals surface area contributed by atoms with Gasteiger partial charge in [0.05, 0.1) is 28.7 Å². The molecule has 0 amide bonds. The Bertz CT molecular complexity index is 1980. The minimum absolute atomic E-state index is 0.0865. The molecule has 0 bridgehead atoms. The van der Waals surface area contributed by atoms with Crippen LogP contribution in [0, 0.1) is 11.8 Å². The van der Waals surface area contributed by atoms with Crippen LogP contribution in [0.1, 0.15) is 23.0 Å². The molecule has 2 aliphatic rings. The fourth-order valence-electron chi connectivity index (χ4n) is 5.79. The van der Waals surface area contributed by atoms with Gasteiger partial charge in [0.25, 0.3) is 0 Å². The molecule has 3 aromatic heterocycles. The van der Waals surface area contributed by atoms with E-state index in [0.717, 1.165) is 21.1 Å². The van der Waals surface area contributed by atoms with Crippen molar-refractivity contribution in [3.63, 3.8) is 0 Å². The standard InChI is InChI=1S/C24H29N9O6S2/c1-27(2)40(36,37)29-13-20(25-14-29)21-18-12-31-24(35)33(17-8-6-5-7-9-17)23(34)30(31)11-16(18)10-19-22(21)32(15-26-19)41(38,39)28(3)4/h5-9,13-16,18,21H,10-12H2,1-4H3/t16-,18+,21+/m0/s1. The van der Waals surface area contributed by atoms with Gasteiger partial charge < -0.3 is 0 Å². The maximum absolute atomic E-state index is 13.6. The summed E-state index contributed by atoms with van der Waals surface area (Å²) in [6.45, 7) is 0.279. The molecule has 0 N–H and O–H groups in total. The van der Waals surface area contributed by atoms with E-state index in [-0.39, 0.29) is 19.0 Å². The third-order valence-electron chi connectivity index (χ3n) is 7.89. The van der Waals surface area contributed by atoms with E-state index in [1.54, 1.807) is 30.3 Å². The van der Waals surface area contributed by atoms with Gasteiger partial charge in [-0.25, -0.2) is 41.4 Å². The van der Waals surface area contributed by atoms with Gasteiger partial charge in [-0.3, -0.25) is 0 Å². The zero-order valence-electron chi connectivity index (χ0n) is 22.8. The highest BCUT2D eigenvalue weighted by Gasteiger charge is 2.47. The molecule has 6 rings (SSSR count). The molecule has 0 saturated carbocycles.